The fraction of sp³-hybridized carbons (Fsp3) is 0.667. The number of nitrogens with zero attached hydrogens (tertiary/aromatic N) is 2. The molecule has 172 valence electrons. The molecular weight excluding hydrogens is 394 g/mol. The van der Waals surface area contributed by atoms with Gasteiger partial charge in [-0.3, -0.25) is 9.59 Å². The van der Waals surface area contributed by atoms with Crippen LogP contribution in [0.15, 0.2) is 18.2 Å². The number of methoxy groups -OCH3 is 1. The Morgan fingerprint density at radius 1 is 1.35 bits per heavy atom. The molecule has 0 bridgehead atoms. The molecule has 1 N–H and O–H groups in total. The van der Waals surface area contributed by atoms with Crippen LogP contribution < -0.4 is 19.9 Å². The molecule has 2 amide bonds. The molecule has 2 heterocycles. The number of amides is 2. The van der Waals surface area contributed by atoms with Gasteiger partial charge in [0.15, 0.2) is 5.60 Å². The molecule has 1 saturated heterocycles. The first-order chi connectivity index (χ1) is 14.7. The van der Waals surface area contributed by atoms with E-state index in [1.54, 1.807) is 25.9 Å². The van der Waals surface area contributed by atoms with E-state index in [0.29, 0.717) is 37.1 Å². The fourth-order valence-corrected chi connectivity index (χ4v) is 4.52. The Morgan fingerprint density at radius 2 is 2.10 bits per heavy atom. The number of benzene rings is 1. The molecule has 0 spiro atoms. The number of ether oxygens (including phenoxy) is 2. The second-order valence-corrected chi connectivity index (χ2v) is 9.57. The van der Waals surface area contributed by atoms with Crippen molar-refractivity contribution in [1.29, 1.82) is 0 Å². The second-order valence-electron chi connectivity index (χ2n) is 9.57. The van der Waals surface area contributed by atoms with Gasteiger partial charge in [-0.1, -0.05) is 6.92 Å². The first kappa shape index (κ1) is 23.5. The van der Waals surface area contributed by atoms with Gasteiger partial charge in [0.05, 0.1) is 11.6 Å². The number of rotatable bonds is 7. The van der Waals surface area contributed by atoms with Crippen LogP contribution in [0.25, 0.3) is 0 Å². The number of anilines is 2. The molecule has 0 unspecified atom stereocenters. The molecule has 2 atom stereocenters. The third-order valence-corrected chi connectivity index (χ3v) is 6.04. The first-order valence-electron chi connectivity index (χ1n) is 11.3. The van der Waals surface area contributed by atoms with E-state index in [-0.39, 0.29) is 23.8 Å². The molecular formula is C24H37N3O4. The third-order valence-electron chi connectivity index (χ3n) is 6.04. The highest BCUT2D eigenvalue weighted by Gasteiger charge is 2.41. The predicted octanol–water partition coefficient (Wildman–Crippen LogP) is 3.21. The van der Waals surface area contributed by atoms with Crippen LogP contribution in [-0.4, -0.2) is 56.8 Å². The molecule has 7 nitrogen and oxygen atoms in total. The lowest BCUT2D eigenvalue weighted by Gasteiger charge is -2.40. The lowest BCUT2D eigenvalue weighted by atomic mass is 9.90. The summed E-state index contributed by atoms with van der Waals surface area (Å²) in [5, 5.41) is 3.38. The van der Waals surface area contributed by atoms with E-state index in [0.717, 1.165) is 25.1 Å². The molecule has 1 fully saturated rings. The Bertz CT molecular complexity index is 808. The number of nitrogens with one attached hydrogen (secondary N) is 1. The smallest absolute Gasteiger partial charge is 0.270 e. The van der Waals surface area contributed by atoms with E-state index in [9.17, 15) is 9.59 Å². The number of fused-ring (bicyclic) bond motifs is 1. The molecule has 0 aliphatic carbocycles. The van der Waals surface area contributed by atoms with Crippen molar-refractivity contribution >= 4 is 23.2 Å². The number of carbonyl (C=O) groups excluding carboxylic acids is 2. The summed E-state index contributed by atoms with van der Waals surface area (Å²) in [4.78, 5) is 30.2. The van der Waals surface area contributed by atoms with E-state index in [4.69, 9.17) is 9.47 Å². The van der Waals surface area contributed by atoms with Crippen molar-refractivity contribution in [1.82, 2.24) is 5.32 Å². The second kappa shape index (κ2) is 9.57. The average Bonchev–Trinajstić information content (AvgIpc) is 2.71. The van der Waals surface area contributed by atoms with Gasteiger partial charge >= 0.3 is 0 Å². The van der Waals surface area contributed by atoms with Crippen molar-refractivity contribution in [3.05, 3.63) is 18.2 Å². The Morgan fingerprint density at radius 3 is 2.74 bits per heavy atom. The summed E-state index contributed by atoms with van der Waals surface area (Å²) in [6.45, 7) is 12.6. The van der Waals surface area contributed by atoms with Crippen molar-refractivity contribution in [2.75, 3.05) is 43.2 Å². The number of hydrogen-bond donors (Lipinski definition) is 1. The fourth-order valence-electron chi connectivity index (χ4n) is 4.52. The molecule has 1 aromatic carbocycles. The third kappa shape index (κ3) is 5.04. The van der Waals surface area contributed by atoms with Crippen molar-refractivity contribution in [2.45, 2.75) is 59.1 Å². The zero-order valence-corrected chi connectivity index (χ0v) is 19.7. The Hall–Kier alpha value is -2.12. The number of piperidine rings is 1. The van der Waals surface area contributed by atoms with Crippen molar-refractivity contribution in [2.24, 2.45) is 11.8 Å². The molecule has 0 radical (unpaired) electrons. The molecule has 0 aromatic heterocycles. The topological polar surface area (TPSA) is 71.1 Å². The standard InChI is InChI=1S/C24H37N3O4/c1-16(2)27(22(28)18-12-17(3)14-25-15-18)19-8-9-21-20(13-19)26(10-7-11-30-6)23(29)24(4,5)31-21/h8-9,13,16-18,25H,7,10-12,14-15H2,1-6H3/t17-,18+/m0/s1. The van der Waals surface area contributed by atoms with Crippen LogP contribution in [0, 0.1) is 11.8 Å². The normalized spacial score (nSPS) is 22.8. The van der Waals surface area contributed by atoms with Crippen molar-refractivity contribution in [3.8, 4) is 5.75 Å². The minimum atomic E-state index is -0.931. The summed E-state index contributed by atoms with van der Waals surface area (Å²) in [5.41, 5.74) is 0.579. The molecule has 2 aliphatic rings. The maximum atomic E-state index is 13.5. The minimum absolute atomic E-state index is 0.00127. The maximum absolute atomic E-state index is 13.5. The summed E-state index contributed by atoms with van der Waals surface area (Å²) in [6.07, 6.45) is 1.61. The van der Waals surface area contributed by atoms with Crippen LogP contribution in [0.1, 0.15) is 47.5 Å². The molecule has 3 rings (SSSR count). The van der Waals surface area contributed by atoms with E-state index in [1.807, 2.05) is 36.9 Å². The summed E-state index contributed by atoms with van der Waals surface area (Å²) in [7, 11) is 1.66. The van der Waals surface area contributed by atoms with Crippen LogP contribution in [0.5, 0.6) is 5.75 Å². The Kier molecular flexibility index (Phi) is 7.27. The van der Waals surface area contributed by atoms with E-state index in [2.05, 4.69) is 12.2 Å². The molecule has 1 aromatic rings. The monoisotopic (exact) mass is 431 g/mol. The van der Waals surface area contributed by atoms with Crippen molar-refractivity contribution < 1.29 is 19.1 Å². The summed E-state index contributed by atoms with van der Waals surface area (Å²) < 4.78 is 11.2. The van der Waals surface area contributed by atoms with Gasteiger partial charge in [0.1, 0.15) is 5.75 Å². The maximum Gasteiger partial charge on any atom is 0.270 e. The van der Waals surface area contributed by atoms with Crippen molar-refractivity contribution in [3.63, 3.8) is 0 Å². The molecule has 0 saturated carbocycles. The average molecular weight is 432 g/mol. The predicted molar refractivity (Wildman–Crippen MR) is 123 cm³/mol. The van der Waals surface area contributed by atoms with Gasteiger partial charge in [0.2, 0.25) is 5.91 Å². The number of carbonyl (C=O) groups is 2. The number of hydrogen-bond acceptors (Lipinski definition) is 5. The summed E-state index contributed by atoms with van der Waals surface area (Å²) in [5.74, 6) is 1.14. The van der Waals surface area contributed by atoms with Crippen LogP contribution in [-0.2, 0) is 14.3 Å². The largest absolute Gasteiger partial charge is 0.476 e. The quantitative estimate of drug-likeness (QED) is 0.672. The molecule has 2 aliphatic heterocycles. The first-order valence-corrected chi connectivity index (χ1v) is 11.3. The van der Waals surface area contributed by atoms with Crippen LogP contribution in [0.3, 0.4) is 0 Å². The van der Waals surface area contributed by atoms with E-state index in [1.165, 1.54) is 0 Å². The molecule has 7 heteroatoms. The van der Waals surface area contributed by atoms with Crippen LogP contribution in [0.2, 0.25) is 0 Å². The lowest BCUT2D eigenvalue weighted by molar-refractivity contribution is -0.132. The Labute approximate surface area is 186 Å². The van der Waals surface area contributed by atoms with Gasteiger partial charge in [-0.25, -0.2) is 0 Å². The van der Waals surface area contributed by atoms with E-state index >= 15 is 0 Å². The van der Waals surface area contributed by atoms with Gasteiger partial charge in [-0.05, 0) is 71.2 Å². The van der Waals surface area contributed by atoms with Gasteiger partial charge in [0.25, 0.3) is 5.91 Å². The highest BCUT2D eigenvalue weighted by Crippen LogP contribution is 2.41. The van der Waals surface area contributed by atoms with Gasteiger partial charge < -0.3 is 24.6 Å². The zero-order chi connectivity index (χ0) is 22.8. The van der Waals surface area contributed by atoms with Gasteiger partial charge in [0, 0.05) is 38.5 Å². The highest BCUT2D eigenvalue weighted by molar-refractivity contribution is 6.04. The lowest BCUT2D eigenvalue weighted by Crippen LogP contribution is -2.53. The zero-order valence-electron chi connectivity index (χ0n) is 19.7. The summed E-state index contributed by atoms with van der Waals surface area (Å²) >= 11 is 0. The van der Waals surface area contributed by atoms with Gasteiger partial charge in [-0.15, -0.1) is 0 Å². The van der Waals surface area contributed by atoms with E-state index < -0.39 is 5.60 Å². The van der Waals surface area contributed by atoms with Crippen LogP contribution >= 0.6 is 0 Å². The molecule has 31 heavy (non-hydrogen) atoms. The SMILES string of the molecule is COCCCN1C(=O)C(C)(C)Oc2ccc(N(C(=O)[C@H]3CNC[C@@H](C)C3)C(C)C)cc21. The summed E-state index contributed by atoms with van der Waals surface area (Å²) in [6, 6.07) is 5.73. The highest BCUT2D eigenvalue weighted by atomic mass is 16.5. The Balaban J connectivity index is 1.94. The van der Waals surface area contributed by atoms with Gasteiger partial charge in [-0.2, -0.15) is 0 Å². The van der Waals surface area contributed by atoms with Crippen LogP contribution in [0.4, 0.5) is 11.4 Å². The minimum Gasteiger partial charge on any atom is -0.476 e.